The van der Waals surface area contributed by atoms with Crippen molar-refractivity contribution in [2.45, 2.75) is 193 Å². The number of cyclic esters (lactones) is 1. The number of anilines is 1. The zero-order chi connectivity index (χ0) is 59.8. The number of piperazine rings is 1. The second-order valence-electron chi connectivity index (χ2n) is 23.8. The van der Waals surface area contributed by atoms with Gasteiger partial charge in [-0.1, -0.05) is 77.5 Å². The number of amides is 6. The van der Waals surface area contributed by atoms with Crippen LogP contribution in [0.15, 0.2) is 72.4 Å². The molecule has 4 aliphatic heterocycles. The number of ether oxygens (including phenoxy) is 4. The maximum Gasteiger partial charge on any atom is 0.410 e. The number of benzene rings is 1. The summed E-state index contributed by atoms with van der Waals surface area (Å²) in [4.78, 5) is 93.0. The van der Waals surface area contributed by atoms with E-state index in [-0.39, 0.29) is 74.0 Å². The fraction of sp³-hybridized carbons (Fsp3) is 0.656. The molecule has 3 unspecified atom stereocenters. The topological polar surface area (TPSA) is 263 Å². The van der Waals surface area contributed by atoms with Gasteiger partial charge in [-0.05, 0) is 96.4 Å². The highest BCUT2D eigenvalue weighted by Gasteiger charge is 2.47. The van der Waals surface area contributed by atoms with Crippen LogP contribution >= 0.6 is 0 Å². The first kappa shape index (κ1) is 66.0. The van der Waals surface area contributed by atoms with E-state index in [0.29, 0.717) is 87.2 Å². The number of imide groups is 1. The van der Waals surface area contributed by atoms with Gasteiger partial charge in [-0.2, -0.15) is 0 Å². The van der Waals surface area contributed by atoms with Gasteiger partial charge in [0.15, 0.2) is 6.10 Å². The fourth-order valence-electron chi connectivity index (χ4n) is 10.7. The van der Waals surface area contributed by atoms with Crippen molar-refractivity contribution in [1.82, 2.24) is 20.4 Å². The molecule has 2 saturated heterocycles. The molecule has 0 saturated carbocycles. The molecule has 20 heteroatoms. The highest BCUT2D eigenvalue weighted by molar-refractivity contribution is 6.12. The third-order valence-electron chi connectivity index (χ3n) is 16.1. The molecule has 0 aliphatic carbocycles. The minimum atomic E-state index is -1.20. The molecule has 4 aliphatic rings. The van der Waals surface area contributed by atoms with Crippen LogP contribution in [0.2, 0.25) is 0 Å². The third-order valence-corrected chi connectivity index (χ3v) is 16.1. The van der Waals surface area contributed by atoms with Crippen molar-refractivity contribution in [3.8, 4) is 0 Å². The average molecular weight is 1130 g/mol. The van der Waals surface area contributed by atoms with Crippen molar-refractivity contribution in [3.63, 3.8) is 0 Å². The molecule has 20 nitrogen and oxygen atoms in total. The highest BCUT2D eigenvalue weighted by Crippen LogP contribution is 2.38. The number of aliphatic hydroxyl groups excluding tert-OH is 2. The predicted octanol–water partition coefficient (Wildman–Crippen LogP) is 5.79. The summed E-state index contributed by atoms with van der Waals surface area (Å²) in [5, 5.41) is 40.9. The molecule has 6 amide bonds. The number of hydrogen-bond donors (Lipinski definition) is 6. The summed E-state index contributed by atoms with van der Waals surface area (Å²) < 4.78 is 25.1. The van der Waals surface area contributed by atoms with Crippen LogP contribution in [-0.4, -0.2) is 177 Å². The van der Waals surface area contributed by atoms with E-state index < -0.39 is 77.5 Å². The zero-order valence-corrected chi connectivity index (χ0v) is 49.7. The van der Waals surface area contributed by atoms with Crippen LogP contribution in [0.4, 0.5) is 10.5 Å². The lowest BCUT2D eigenvalue weighted by atomic mass is 9.88. The molecule has 5 rings (SSSR count). The Balaban J connectivity index is 1.13. The maximum absolute atomic E-state index is 14.1. The number of epoxide rings is 1. The molecule has 2 fully saturated rings. The number of hydrogen-bond acceptors (Lipinski definition) is 14. The van der Waals surface area contributed by atoms with Crippen LogP contribution in [0.25, 0.3) is 0 Å². The minimum absolute atomic E-state index is 0.0424. The average Bonchev–Trinajstić information content (AvgIpc) is 4.21. The van der Waals surface area contributed by atoms with Gasteiger partial charge in [0, 0.05) is 61.2 Å². The number of esters is 1. The largest absolute Gasteiger partial charge is 0.457 e. The summed E-state index contributed by atoms with van der Waals surface area (Å²) in [7, 11) is 2.13. The van der Waals surface area contributed by atoms with Gasteiger partial charge in [-0.15, -0.1) is 0 Å². The Kier molecular flexibility index (Phi) is 24.4. The van der Waals surface area contributed by atoms with Gasteiger partial charge in [0.2, 0.25) is 17.7 Å². The standard InChI is InChI=1S/C61H92N6O14/c1-12-47(69)42(7)56-48(79-56)37-60(9,77)29-17-18-40(5)55-41(6)20-25-49(61(10,78-13-2)30-28-46(68)36-53(73)81-55)80-59(76)65-32-34-67(11,35-33-65)38-44-21-23-45(24-22-44)63-57(74)43(8)62-58(75)54(39(3)4)64-50(70)19-15-14-16-31-66-51(71)26-27-52(66)72/h17-18,20-27,29,39,41-43,46-49,54-56,68-69,77H,12-16,19,28,30-38H2,1-11H3,(H2-,62,63,64,70,74,75)/p+1/b25-20+,29-17+,40-18+/t41-,42+,43?,46+,47-,48+,49-,54?,55+,56+,60?,61+/m0/s1. The Hall–Kier alpha value is -5.77. The van der Waals surface area contributed by atoms with Crippen LogP contribution in [-0.2, 0) is 54.3 Å². The second-order valence-corrected chi connectivity index (χ2v) is 23.8. The summed E-state index contributed by atoms with van der Waals surface area (Å²) in [6.45, 7) is 21.6. The quantitative estimate of drug-likeness (QED) is 0.0129. The number of carbonyl (C=O) groups excluding carboxylic acids is 7. The number of allylic oxidation sites excluding steroid dienone is 2. The van der Waals surface area contributed by atoms with Crippen LogP contribution in [0.1, 0.15) is 133 Å². The Morgan fingerprint density at radius 2 is 1.63 bits per heavy atom. The third kappa shape index (κ3) is 20.0. The predicted molar refractivity (Wildman–Crippen MR) is 306 cm³/mol. The van der Waals surface area contributed by atoms with Crippen molar-refractivity contribution >= 4 is 47.3 Å². The molecular formula is C61H93N6O14+. The lowest BCUT2D eigenvalue weighted by Crippen LogP contribution is -2.58. The first-order valence-corrected chi connectivity index (χ1v) is 29.1. The summed E-state index contributed by atoms with van der Waals surface area (Å²) in [6, 6.07) is 5.71. The van der Waals surface area contributed by atoms with Crippen molar-refractivity contribution in [3.05, 3.63) is 77.9 Å². The Morgan fingerprint density at radius 1 is 0.963 bits per heavy atom. The van der Waals surface area contributed by atoms with E-state index in [2.05, 4.69) is 23.0 Å². The van der Waals surface area contributed by atoms with E-state index in [1.54, 1.807) is 69.0 Å². The molecule has 12 atom stereocenters. The van der Waals surface area contributed by atoms with Gasteiger partial charge in [0.1, 0.15) is 30.3 Å². The van der Waals surface area contributed by atoms with Crippen LogP contribution in [0, 0.1) is 17.8 Å². The van der Waals surface area contributed by atoms with Gasteiger partial charge < -0.3 is 54.7 Å². The normalized spacial score (nSPS) is 27.0. The first-order chi connectivity index (χ1) is 38.2. The maximum atomic E-state index is 14.1. The molecule has 6 N–H and O–H groups in total. The number of likely N-dealkylation sites (N-methyl/N-ethyl adjacent to an activating group) is 1. The summed E-state index contributed by atoms with van der Waals surface area (Å²) in [6.07, 6.45) is 10.5. The van der Waals surface area contributed by atoms with Crippen LogP contribution in [0.5, 0.6) is 0 Å². The Bertz CT molecular complexity index is 2430. The monoisotopic (exact) mass is 1130 g/mol. The van der Waals surface area contributed by atoms with Crippen molar-refractivity contribution in [2.24, 2.45) is 17.8 Å². The number of unbranched alkanes of at least 4 members (excludes halogenated alkanes) is 2. The van der Waals surface area contributed by atoms with E-state index in [1.807, 2.05) is 59.8 Å². The van der Waals surface area contributed by atoms with Gasteiger partial charge in [-0.3, -0.25) is 38.6 Å². The van der Waals surface area contributed by atoms with Crippen LogP contribution in [0.3, 0.4) is 0 Å². The number of carbonyl (C=O) groups is 7. The molecule has 450 valence electrons. The molecule has 81 heavy (non-hydrogen) atoms. The molecule has 0 aromatic heterocycles. The number of aliphatic hydroxyl groups is 3. The number of nitrogens with one attached hydrogen (secondary N) is 3. The van der Waals surface area contributed by atoms with Crippen LogP contribution < -0.4 is 16.0 Å². The molecule has 4 heterocycles. The molecule has 0 spiro atoms. The fourth-order valence-corrected chi connectivity index (χ4v) is 10.7. The molecule has 0 radical (unpaired) electrons. The molecular weight excluding hydrogens is 1040 g/mol. The van der Waals surface area contributed by atoms with Gasteiger partial charge in [0.05, 0.1) is 69.7 Å². The van der Waals surface area contributed by atoms with E-state index in [4.69, 9.17) is 18.9 Å². The molecule has 1 aromatic carbocycles. The second kappa shape index (κ2) is 30.0. The number of quaternary nitrogens is 1. The van der Waals surface area contributed by atoms with Crippen molar-refractivity contribution in [2.75, 3.05) is 51.7 Å². The SMILES string of the molecule is CCO[C@]1(C)CC[C@@H](O)CC(=O)O[C@H](/C(C)=C/C=C/C(C)(O)C[C@H]2O[C@@H]2[C@H](C)[C@@H](O)CC)[C@@H](C)/C=C/[C@@H]1OC(=O)N1CC[N+](C)(Cc2ccc(NC(=O)C(C)NC(=O)C(NC(=O)CCCCCN3C(=O)C=CC3=O)C(C)C)cc2)CC1. The highest BCUT2D eigenvalue weighted by atomic mass is 16.6. The zero-order valence-electron chi connectivity index (χ0n) is 49.7. The first-order valence-electron chi connectivity index (χ1n) is 29.1. The Morgan fingerprint density at radius 3 is 2.26 bits per heavy atom. The van der Waals surface area contributed by atoms with E-state index >= 15 is 0 Å². The van der Waals surface area contributed by atoms with Gasteiger partial charge in [-0.25, -0.2) is 4.79 Å². The van der Waals surface area contributed by atoms with Gasteiger partial charge >= 0.3 is 12.1 Å². The summed E-state index contributed by atoms with van der Waals surface area (Å²) in [5.41, 5.74) is 0.0147. The smallest absolute Gasteiger partial charge is 0.410 e. The van der Waals surface area contributed by atoms with Crippen molar-refractivity contribution < 1.29 is 72.3 Å². The summed E-state index contributed by atoms with van der Waals surface area (Å²) >= 11 is 0. The molecule has 0 bridgehead atoms. The number of rotatable bonds is 25. The lowest BCUT2D eigenvalue weighted by Gasteiger charge is -2.43. The summed E-state index contributed by atoms with van der Waals surface area (Å²) in [5.74, 6) is -3.15. The van der Waals surface area contributed by atoms with E-state index in [1.165, 1.54) is 12.2 Å². The van der Waals surface area contributed by atoms with E-state index in [9.17, 15) is 48.9 Å². The van der Waals surface area contributed by atoms with Gasteiger partial charge in [0.25, 0.3) is 11.8 Å². The number of nitrogens with zero attached hydrogens (tertiary/aromatic N) is 3. The van der Waals surface area contributed by atoms with Crippen molar-refractivity contribution in [1.29, 1.82) is 0 Å². The van der Waals surface area contributed by atoms with E-state index in [0.717, 1.165) is 10.5 Å². The lowest BCUT2D eigenvalue weighted by molar-refractivity contribution is -0.926. The molecule has 1 aromatic rings. The minimum Gasteiger partial charge on any atom is -0.457 e. The Labute approximate surface area is 479 Å².